The number of hydrogen-bond donors (Lipinski definition) is 8. The van der Waals surface area contributed by atoms with E-state index in [2.05, 4.69) is 17.6 Å². The van der Waals surface area contributed by atoms with Crippen LogP contribution in [0.3, 0.4) is 0 Å². The second-order valence-corrected chi connectivity index (χ2v) is 18.5. The van der Waals surface area contributed by atoms with Crippen LogP contribution in [0.25, 0.3) is 0 Å². The molecule has 0 spiro atoms. The highest BCUT2D eigenvalue weighted by Crippen LogP contribution is 2.58. The second kappa shape index (κ2) is 17.1. The Morgan fingerprint density at radius 2 is 1.81 bits per heavy atom. The molecule has 7 aliphatic rings. The predicted molar refractivity (Wildman–Crippen MR) is 199 cm³/mol. The fourth-order valence-electron chi connectivity index (χ4n) is 12.6. The molecular formula is C41H69N4O9+. The number of ketones is 1. The lowest BCUT2D eigenvalue weighted by Gasteiger charge is -2.62. The molecule has 306 valence electrons. The Morgan fingerprint density at radius 1 is 1.00 bits per heavy atom. The number of esters is 1. The number of aliphatic hydroxyl groups is 4. The Balaban J connectivity index is 1.36. The van der Waals surface area contributed by atoms with Crippen LogP contribution >= 0.6 is 0 Å². The molecule has 7 rings (SSSR count). The van der Waals surface area contributed by atoms with Crippen LogP contribution in [-0.4, -0.2) is 113 Å². The third kappa shape index (κ3) is 7.98. The van der Waals surface area contributed by atoms with E-state index in [9.17, 15) is 30.0 Å². The summed E-state index contributed by atoms with van der Waals surface area (Å²) in [6.07, 6.45) is 7.46. The molecule has 5 saturated heterocycles. The molecule has 2 bridgehead atoms. The topological polar surface area (TPSA) is 223 Å². The molecule has 13 nitrogen and oxygen atoms in total. The largest absolute Gasteiger partial charge is 0.456 e. The SMILES string of the molecule is CC=C(CO)C(=O)O[C@H]1CC2C(O)C3C(=O)CC(CO)OC3C3C2O[C@@]1(C)[C@H](CC1CCC(N)[NH2+]C1)CCC1C(N)NCCC1[C@@H]3CC1CCCC(O)C1. The zero-order chi connectivity index (χ0) is 38.3. The van der Waals surface area contributed by atoms with Crippen LogP contribution in [0.1, 0.15) is 97.3 Å². The van der Waals surface area contributed by atoms with Crippen molar-refractivity contribution in [2.45, 2.75) is 152 Å². The van der Waals surface area contributed by atoms with E-state index in [0.717, 1.165) is 83.7 Å². The summed E-state index contributed by atoms with van der Waals surface area (Å²) in [5.41, 5.74) is 12.6. The van der Waals surface area contributed by atoms with Crippen LogP contribution in [0.5, 0.6) is 0 Å². The zero-order valence-corrected chi connectivity index (χ0v) is 32.5. The molecule has 7 fully saturated rings. The second-order valence-electron chi connectivity index (χ2n) is 18.5. The van der Waals surface area contributed by atoms with Gasteiger partial charge in [-0.25, -0.2) is 4.79 Å². The minimum absolute atomic E-state index is 0.0227. The number of piperidine rings is 2. The molecule has 5 aliphatic heterocycles. The number of aliphatic hydroxyl groups excluding tert-OH is 4. The summed E-state index contributed by atoms with van der Waals surface area (Å²) in [7, 11) is 0. The third-order valence-electron chi connectivity index (χ3n) is 15.5. The normalized spacial score (nSPS) is 48.6. The van der Waals surface area contributed by atoms with Gasteiger partial charge >= 0.3 is 5.97 Å². The van der Waals surface area contributed by atoms with E-state index in [4.69, 9.17) is 25.7 Å². The number of quaternary nitrogens is 1. The van der Waals surface area contributed by atoms with Crippen molar-refractivity contribution in [2.24, 2.45) is 64.7 Å². The van der Waals surface area contributed by atoms with E-state index in [1.807, 2.05) is 0 Å². The standard InChI is InChI=1S/C41H68N4O9/c1-3-23(19-46)40(51)53-32-17-30-36(50)35-31(49)16-26(20-47)52-38(35)34-29(15-21-5-4-6-25(48)14-21)27-11-12-44-39(43)28(27)9-8-24(41(32,2)54-37(30)34)13-22-7-10-33(42)45-18-22/h3,21-22,24-30,32-39,44-48,50H,4-20,42-43H2,1-2H3/p+1/t21?,22?,24-,25?,26?,27?,28?,29-,30?,32-,33?,34?,35?,36?,37?,38?,39?,41-/m0/s1. The van der Waals surface area contributed by atoms with Crippen LogP contribution in [0.4, 0.5) is 0 Å². The van der Waals surface area contributed by atoms with Crippen molar-refractivity contribution in [2.75, 3.05) is 26.3 Å². The third-order valence-corrected chi connectivity index (χ3v) is 15.5. The van der Waals surface area contributed by atoms with Gasteiger partial charge in [0.1, 0.15) is 23.7 Å². The maximum atomic E-state index is 14.1. The van der Waals surface area contributed by atoms with Gasteiger partial charge in [0, 0.05) is 30.6 Å². The molecular weight excluding hydrogens is 692 g/mol. The maximum Gasteiger partial charge on any atom is 0.336 e. The molecule has 2 aliphatic carbocycles. The summed E-state index contributed by atoms with van der Waals surface area (Å²) in [6, 6.07) is 0. The molecule has 0 radical (unpaired) electrons. The van der Waals surface area contributed by atoms with Crippen LogP contribution < -0.4 is 22.1 Å². The molecule has 54 heavy (non-hydrogen) atoms. The summed E-state index contributed by atoms with van der Waals surface area (Å²) in [5.74, 6) is -1.34. The van der Waals surface area contributed by atoms with E-state index < -0.39 is 60.5 Å². The van der Waals surface area contributed by atoms with E-state index in [1.165, 1.54) is 0 Å². The summed E-state index contributed by atoms with van der Waals surface area (Å²) in [6.45, 7) is 4.73. The molecule has 5 heterocycles. The average molecular weight is 762 g/mol. The maximum absolute atomic E-state index is 14.1. The fraction of sp³-hybridized carbons (Fsp3) is 0.902. The number of hydrogen-bond acceptors (Lipinski definition) is 12. The van der Waals surface area contributed by atoms with Gasteiger partial charge in [-0.15, -0.1) is 0 Å². The smallest absolute Gasteiger partial charge is 0.336 e. The van der Waals surface area contributed by atoms with Gasteiger partial charge in [0.15, 0.2) is 0 Å². The Labute approximate surface area is 320 Å². The minimum Gasteiger partial charge on any atom is -0.456 e. The molecule has 18 atom stereocenters. The average Bonchev–Trinajstić information content (AvgIpc) is 3.14. The monoisotopic (exact) mass is 762 g/mol. The van der Waals surface area contributed by atoms with Crippen molar-refractivity contribution in [3.63, 3.8) is 0 Å². The van der Waals surface area contributed by atoms with Crippen LogP contribution in [-0.2, 0) is 23.8 Å². The van der Waals surface area contributed by atoms with Gasteiger partial charge in [-0.2, -0.15) is 0 Å². The van der Waals surface area contributed by atoms with Crippen LogP contribution in [0.15, 0.2) is 11.6 Å². The molecule has 14 unspecified atom stereocenters. The van der Waals surface area contributed by atoms with Gasteiger partial charge in [-0.1, -0.05) is 18.9 Å². The number of carbonyl (C=O) groups is 2. The number of nitrogens with one attached hydrogen (secondary N) is 1. The number of ether oxygens (including phenoxy) is 3. The highest BCUT2D eigenvalue weighted by atomic mass is 16.6. The number of allylic oxidation sites excluding steroid dienone is 1. The molecule has 0 aromatic rings. The number of nitrogens with two attached hydrogens (primary N) is 3. The first kappa shape index (κ1) is 40.7. The molecule has 0 amide bonds. The summed E-state index contributed by atoms with van der Waals surface area (Å²) in [5, 5.41) is 49.4. The molecule has 2 saturated carbocycles. The Kier molecular flexibility index (Phi) is 12.9. The highest BCUT2D eigenvalue weighted by Gasteiger charge is 2.65. The summed E-state index contributed by atoms with van der Waals surface area (Å²) in [4.78, 5) is 27.8. The minimum atomic E-state index is -1.09. The number of carbonyl (C=O) groups excluding carboxylic acids is 2. The van der Waals surface area contributed by atoms with Gasteiger partial charge in [0.05, 0.1) is 67.9 Å². The van der Waals surface area contributed by atoms with Crippen molar-refractivity contribution in [1.82, 2.24) is 5.32 Å². The Bertz CT molecular complexity index is 1350. The van der Waals surface area contributed by atoms with Crippen molar-refractivity contribution in [1.29, 1.82) is 0 Å². The zero-order valence-electron chi connectivity index (χ0n) is 32.5. The van der Waals surface area contributed by atoms with E-state index in [1.54, 1.807) is 13.0 Å². The van der Waals surface area contributed by atoms with E-state index in [0.29, 0.717) is 12.3 Å². The van der Waals surface area contributed by atoms with Crippen LogP contribution in [0, 0.1) is 53.3 Å². The molecule has 11 N–H and O–H groups in total. The van der Waals surface area contributed by atoms with Crippen molar-refractivity contribution in [3.8, 4) is 0 Å². The number of rotatable bonds is 8. The summed E-state index contributed by atoms with van der Waals surface area (Å²) < 4.78 is 20.8. The number of Topliss-reactive ketones (excluding diaryl/α,β-unsaturated/α-hetero) is 1. The van der Waals surface area contributed by atoms with Gasteiger partial charge < -0.3 is 51.0 Å². The first-order chi connectivity index (χ1) is 25.9. The Morgan fingerprint density at radius 3 is 2.52 bits per heavy atom. The lowest BCUT2D eigenvalue weighted by Crippen LogP contribution is -2.95. The van der Waals surface area contributed by atoms with E-state index in [-0.39, 0.29) is 78.3 Å². The van der Waals surface area contributed by atoms with Gasteiger partial charge in [-0.3, -0.25) is 10.5 Å². The molecule has 0 aromatic heterocycles. The van der Waals surface area contributed by atoms with Crippen molar-refractivity contribution in [3.05, 3.63) is 11.6 Å². The quantitative estimate of drug-likeness (QED) is 0.125. The lowest BCUT2D eigenvalue weighted by molar-refractivity contribution is -0.703. The molecule has 0 aromatic carbocycles. The predicted octanol–water partition coefficient (Wildman–Crippen LogP) is 0.453. The first-order valence-corrected chi connectivity index (χ1v) is 21.3. The van der Waals surface area contributed by atoms with Gasteiger partial charge in [0.2, 0.25) is 0 Å². The molecule has 13 heteroatoms. The van der Waals surface area contributed by atoms with Crippen molar-refractivity contribution < 1.29 is 49.5 Å². The van der Waals surface area contributed by atoms with Gasteiger partial charge in [0.25, 0.3) is 0 Å². The lowest BCUT2D eigenvalue weighted by atomic mass is 9.53. The van der Waals surface area contributed by atoms with Crippen molar-refractivity contribution >= 4 is 11.8 Å². The van der Waals surface area contributed by atoms with Gasteiger partial charge in [-0.05, 0) is 108 Å². The van der Waals surface area contributed by atoms with Crippen LogP contribution in [0.2, 0.25) is 0 Å². The first-order valence-electron chi connectivity index (χ1n) is 21.3. The Hall–Kier alpha value is -1.52. The summed E-state index contributed by atoms with van der Waals surface area (Å²) >= 11 is 0. The highest BCUT2D eigenvalue weighted by molar-refractivity contribution is 5.88. The fourth-order valence-corrected chi connectivity index (χ4v) is 12.6. The van der Waals surface area contributed by atoms with E-state index >= 15 is 0 Å². The number of fused-ring (bicyclic) bond motifs is 4.